The molecule has 0 aliphatic carbocycles. The van der Waals surface area contributed by atoms with E-state index in [0.717, 1.165) is 5.36 Å². The van der Waals surface area contributed by atoms with Gasteiger partial charge in [0, 0.05) is 18.5 Å². The Morgan fingerprint density at radius 1 is 1.00 bits per heavy atom. The maximum Gasteiger partial charge on any atom is 0.147 e. The van der Waals surface area contributed by atoms with Gasteiger partial charge in [-0.2, -0.15) is 0 Å². The maximum absolute atomic E-state index is 4.87. The molecular weight excluding hydrogens is 232 g/mol. The average Bonchev–Trinajstić information content (AvgIpc) is 2.36. The van der Waals surface area contributed by atoms with Crippen molar-refractivity contribution in [3.05, 3.63) is 69.7 Å². The Balaban J connectivity index is 2.14. The lowest BCUT2D eigenvalue weighted by Crippen LogP contribution is -2.35. The van der Waals surface area contributed by atoms with Crippen LogP contribution in [0.4, 0.5) is 0 Å². The quantitative estimate of drug-likeness (QED) is 0.758. The van der Waals surface area contributed by atoms with Crippen molar-refractivity contribution < 1.29 is 0 Å². The lowest BCUT2D eigenvalue weighted by atomic mass is 10.0. The van der Waals surface area contributed by atoms with Crippen LogP contribution in [-0.2, 0) is 0 Å². The molecule has 1 aliphatic heterocycles. The fraction of sp³-hybridized carbons (Fsp3) is 0.235. The Morgan fingerprint density at radius 2 is 1.68 bits per heavy atom. The SMILES string of the molecule is Cc1cc(C)cc(C2N=c3ccccc3=CN2C)c1. The third-order valence-corrected chi connectivity index (χ3v) is 3.47. The van der Waals surface area contributed by atoms with E-state index in [1.54, 1.807) is 0 Å². The molecule has 2 aromatic carbocycles. The Hall–Kier alpha value is -2.09. The first-order valence-electron chi connectivity index (χ1n) is 6.58. The standard InChI is InChI=1S/C17H18N2/c1-12-8-13(2)10-15(9-12)17-18-16-7-5-4-6-14(16)11-19(17)3/h4-11,17H,1-3H3. The number of nitrogens with zero attached hydrogens (tertiary/aromatic N) is 2. The van der Waals surface area contributed by atoms with E-state index in [1.165, 1.54) is 21.9 Å². The second kappa shape index (κ2) is 4.54. The van der Waals surface area contributed by atoms with Gasteiger partial charge in [0.05, 0.1) is 5.36 Å². The number of hydrogen-bond acceptors (Lipinski definition) is 2. The van der Waals surface area contributed by atoms with Crippen LogP contribution in [0.5, 0.6) is 0 Å². The van der Waals surface area contributed by atoms with Crippen molar-refractivity contribution in [2.45, 2.75) is 20.0 Å². The van der Waals surface area contributed by atoms with Crippen LogP contribution in [0.25, 0.3) is 6.20 Å². The van der Waals surface area contributed by atoms with E-state index in [2.05, 4.69) is 68.4 Å². The van der Waals surface area contributed by atoms with Gasteiger partial charge in [-0.25, -0.2) is 0 Å². The molecule has 0 saturated heterocycles. The lowest BCUT2D eigenvalue weighted by Gasteiger charge is -2.26. The van der Waals surface area contributed by atoms with Gasteiger partial charge in [0.15, 0.2) is 0 Å². The van der Waals surface area contributed by atoms with Crippen molar-refractivity contribution in [2.75, 3.05) is 7.05 Å². The zero-order valence-corrected chi connectivity index (χ0v) is 11.6. The van der Waals surface area contributed by atoms with E-state index >= 15 is 0 Å². The first-order valence-corrected chi connectivity index (χ1v) is 6.58. The highest BCUT2D eigenvalue weighted by Gasteiger charge is 2.16. The molecule has 2 nitrogen and oxygen atoms in total. The molecule has 0 N–H and O–H groups in total. The molecular formula is C17H18N2. The van der Waals surface area contributed by atoms with Crippen molar-refractivity contribution in [1.82, 2.24) is 4.90 Å². The molecule has 1 atom stereocenters. The van der Waals surface area contributed by atoms with Crippen LogP contribution in [0.15, 0.2) is 47.5 Å². The van der Waals surface area contributed by atoms with Gasteiger partial charge in [-0.1, -0.05) is 47.5 Å². The van der Waals surface area contributed by atoms with Crippen LogP contribution >= 0.6 is 0 Å². The van der Waals surface area contributed by atoms with Crippen LogP contribution in [0.1, 0.15) is 22.9 Å². The molecule has 96 valence electrons. The first kappa shape index (κ1) is 12.0. The molecule has 1 unspecified atom stereocenters. The molecule has 0 fully saturated rings. The second-order valence-electron chi connectivity index (χ2n) is 5.28. The van der Waals surface area contributed by atoms with E-state index in [1.807, 2.05) is 6.07 Å². The van der Waals surface area contributed by atoms with E-state index < -0.39 is 0 Å². The molecule has 2 heteroatoms. The second-order valence-corrected chi connectivity index (χ2v) is 5.28. The van der Waals surface area contributed by atoms with E-state index in [-0.39, 0.29) is 6.17 Å². The molecule has 1 heterocycles. The number of fused-ring (bicyclic) bond motifs is 1. The minimum absolute atomic E-state index is 0.0773. The number of rotatable bonds is 1. The number of benzene rings is 2. The van der Waals surface area contributed by atoms with Crippen LogP contribution in [-0.4, -0.2) is 11.9 Å². The van der Waals surface area contributed by atoms with Gasteiger partial charge in [-0.05, 0) is 25.5 Å². The van der Waals surface area contributed by atoms with E-state index in [0.29, 0.717) is 0 Å². The summed E-state index contributed by atoms with van der Waals surface area (Å²) < 4.78 is 0. The Kier molecular flexibility index (Phi) is 2.86. The third-order valence-electron chi connectivity index (χ3n) is 3.47. The highest BCUT2D eigenvalue weighted by atomic mass is 15.2. The van der Waals surface area contributed by atoms with Crippen molar-refractivity contribution in [2.24, 2.45) is 4.99 Å². The van der Waals surface area contributed by atoms with Gasteiger partial charge >= 0.3 is 0 Å². The van der Waals surface area contributed by atoms with Gasteiger partial charge in [0.25, 0.3) is 0 Å². The van der Waals surface area contributed by atoms with Gasteiger partial charge in [-0.3, -0.25) is 4.99 Å². The number of hydrogen-bond donors (Lipinski definition) is 0. The van der Waals surface area contributed by atoms with Gasteiger partial charge < -0.3 is 4.90 Å². The molecule has 0 bridgehead atoms. The molecule has 0 saturated carbocycles. The van der Waals surface area contributed by atoms with E-state index in [4.69, 9.17) is 4.99 Å². The van der Waals surface area contributed by atoms with Gasteiger partial charge in [0.1, 0.15) is 6.17 Å². The zero-order valence-electron chi connectivity index (χ0n) is 11.6. The monoisotopic (exact) mass is 250 g/mol. The predicted octanol–water partition coefficient (Wildman–Crippen LogP) is 2.31. The van der Waals surface area contributed by atoms with Crippen LogP contribution in [0.3, 0.4) is 0 Å². The molecule has 0 amide bonds. The largest absolute Gasteiger partial charge is 0.355 e. The summed E-state index contributed by atoms with van der Waals surface area (Å²) in [6.45, 7) is 4.27. The van der Waals surface area contributed by atoms with Crippen molar-refractivity contribution in [3.8, 4) is 0 Å². The molecule has 0 radical (unpaired) electrons. The number of para-hydroxylation sites is 1. The Bertz CT molecular complexity index is 711. The molecule has 19 heavy (non-hydrogen) atoms. The number of aryl methyl sites for hydroxylation is 2. The molecule has 1 aliphatic rings. The fourth-order valence-electron chi connectivity index (χ4n) is 2.70. The predicted molar refractivity (Wildman–Crippen MR) is 78.1 cm³/mol. The first-order chi connectivity index (χ1) is 9.13. The zero-order chi connectivity index (χ0) is 13.4. The molecule has 2 aromatic rings. The van der Waals surface area contributed by atoms with Gasteiger partial charge in [-0.15, -0.1) is 0 Å². The summed E-state index contributed by atoms with van der Waals surface area (Å²) in [5.74, 6) is 0. The van der Waals surface area contributed by atoms with Crippen LogP contribution in [0, 0.1) is 13.8 Å². The van der Waals surface area contributed by atoms with Crippen molar-refractivity contribution >= 4 is 6.20 Å². The summed E-state index contributed by atoms with van der Waals surface area (Å²) in [6.07, 6.45) is 2.25. The smallest absolute Gasteiger partial charge is 0.147 e. The maximum atomic E-state index is 4.87. The minimum Gasteiger partial charge on any atom is -0.355 e. The normalized spacial score (nSPS) is 17.4. The minimum atomic E-state index is 0.0773. The Morgan fingerprint density at radius 3 is 2.42 bits per heavy atom. The van der Waals surface area contributed by atoms with Crippen LogP contribution in [0.2, 0.25) is 0 Å². The summed E-state index contributed by atoms with van der Waals surface area (Å²) in [5.41, 5.74) is 3.83. The highest BCUT2D eigenvalue weighted by molar-refractivity contribution is 5.34. The summed E-state index contributed by atoms with van der Waals surface area (Å²) >= 11 is 0. The van der Waals surface area contributed by atoms with E-state index in [9.17, 15) is 0 Å². The average molecular weight is 250 g/mol. The van der Waals surface area contributed by atoms with Crippen molar-refractivity contribution in [1.29, 1.82) is 0 Å². The molecule has 0 spiro atoms. The highest BCUT2D eigenvalue weighted by Crippen LogP contribution is 2.23. The summed E-state index contributed by atoms with van der Waals surface area (Å²) in [7, 11) is 2.09. The topological polar surface area (TPSA) is 15.6 Å². The lowest BCUT2D eigenvalue weighted by molar-refractivity contribution is 0.365. The molecule has 0 aromatic heterocycles. The Labute approximate surface area is 113 Å². The van der Waals surface area contributed by atoms with Crippen LogP contribution < -0.4 is 10.6 Å². The molecule has 3 rings (SSSR count). The third kappa shape index (κ3) is 2.26. The summed E-state index contributed by atoms with van der Waals surface area (Å²) in [5, 5.41) is 2.26. The summed E-state index contributed by atoms with van der Waals surface area (Å²) in [4.78, 5) is 7.05. The van der Waals surface area contributed by atoms with Gasteiger partial charge in [0.2, 0.25) is 0 Å². The fourth-order valence-corrected chi connectivity index (χ4v) is 2.70. The summed E-state index contributed by atoms with van der Waals surface area (Å²) in [6, 6.07) is 14.9. The van der Waals surface area contributed by atoms with Crippen molar-refractivity contribution in [3.63, 3.8) is 0 Å².